The summed E-state index contributed by atoms with van der Waals surface area (Å²) in [7, 11) is 0. The van der Waals surface area contributed by atoms with Crippen molar-refractivity contribution in [2.75, 3.05) is 0 Å². The summed E-state index contributed by atoms with van der Waals surface area (Å²) in [6.45, 7) is 6.77. The van der Waals surface area contributed by atoms with E-state index in [0.717, 1.165) is 0 Å². The molecule has 8 heavy (non-hydrogen) atoms. The first kappa shape index (κ1) is 11.3. The van der Waals surface area contributed by atoms with E-state index in [9.17, 15) is 0 Å². The first-order valence-corrected chi connectivity index (χ1v) is 3.48. The molecule has 0 amide bonds. The molecular weight excluding hydrogens is 189 g/mol. The fraction of sp³-hybridized carbons (Fsp3) is 0.333. The Kier molecular flexibility index (Phi) is 22.1. The van der Waals surface area contributed by atoms with E-state index in [0.29, 0.717) is 10.8 Å². The summed E-state index contributed by atoms with van der Waals surface area (Å²) < 4.78 is 0. The molecule has 0 aromatic carbocycles. The summed E-state index contributed by atoms with van der Waals surface area (Å²) in [6.07, 6.45) is 3.42. The van der Waals surface area contributed by atoms with Gasteiger partial charge in [-0.25, -0.2) is 0 Å². The third-order valence-corrected chi connectivity index (χ3v) is 0.753. The van der Waals surface area contributed by atoms with Crippen LogP contribution in [-0.4, -0.2) is 0 Å². The Labute approximate surface area is 67.2 Å². The van der Waals surface area contributed by atoms with Crippen molar-refractivity contribution in [1.29, 1.82) is 0 Å². The second-order valence-corrected chi connectivity index (χ2v) is 1.64. The molecule has 0 heterocycles. The van der Waals surface area contributed by atoms with E-state index in [1.165, 1.54) is 0 Å². The third-order valence-electron chi connectivity index (χ3n) is 0.183. The predicted octanol–water partition coefficient (Wildman–Crippen LogP) is 2.28. The van der Waals surface area contributed by atoms with Gasteiger partial charge in [-0.2, -0.15) is 0 Å². The zero-order valence-corrected chi connectivity index (χ0v) is 6.59. The predicted molar refractivity (Wildman–Crippen MR) is 30.0 cm³/mol. The standard InChI is InChI=1S/2C3H5.2Ni/c2*1-3-2;;/h2*3H,1-2H2;;. The van der Waals surface area contributed by atoms with Crippen molar-refractivity contribution >= 4 is 0 Å². The van der Waals surface area contributed by atoms with Crippen molar-refractivity contribution in [3.63, 3.8) is 0 Å². The average Bonchev–Trinajstić information content (AvgIpc) is 1.88. The van der Waals surface area contributed by atoms with Crippen LogP contribution in [-0.2, 0) is 30.9 Å². The summed E-state index contributed by atoms with van der Waals surface area (Å²) in [6, 6.07) is 0. The van der Waals surface area contributed by atoms with Crippen molar-refractivity contribution in [3.05, 3.63) is 25.3 Å². The van der Waals surface area contributed by atoms with Crippen molar-refractivity contribution in [2.24, 2.45) is 0 Å². The Balaban J connectivity index is 0. The molecular formula is C6H10Ni2. The second-order valence-electron chi connectivity index (χ2n) is 0.836. The molecule has 0 radical (unpaired) electrons. The van der Waals surface area contributed by atoms with E-state index in [4.69, 9.17) is 0 Å². The molecule has 0 aliphatic heterocycles. The average molecular weight is 200 g/mol. The molecule has 0 rings (SSSR count). The van der Waals surface area contributed by atoms with Gasteiger partial charge in [-0.1, -0.05) is 0 Å². The van der Waals surface area contributed by atoms with Gasteiger partial charge < -0.3 is 0 Å². The van der Waals surface area contributed by atoms with E-state index >= 15 is 0 Å². The van der Waals surface area contributed by atoms with Crippen LogP contribution in [0, 0.1) is 0 Å². The van der Waals surface area contributed by atoms with E-state index in [-0.39, 0.29) is 0 Å². The zero-order valence-electron chi connectivity index (χ0n) is 4.62. The number of hydrogen-bond acceptors (Lipinski definition) is 0. The molecule has 0 atom stereocenters. The van der Waals surface area contributed by atoms with E-state index in [1.807, 2.05) is 0 Å². The molecule has 0 aliphatic carbocycles. The number of hydrogen-bond donors (Lipinski definition) is 0. The Morgan fingerprint density at radius 1 is 1.00 bits per heavy atom. The molecule has 0 unspecified atom stereocenters. The van der Waals surface area contributed by atoms with Crippen LogP contribution in [0.2, 0.25) is 10.8 Å². The van der Waals surface area contributed by atoms with Crippen LogP contribution < -0.4 is 0 Å². The summed E-state index contributed by atoms with van der Waals surface area (Å²) >= 11 is 8.40. The molecule has 0 N–H and O–H groups in total. The molecule has 0 aromatic rings. The van der Waals surface area contributed by atoms with Gasteiger partial charge in [0.1, 0.15) is 0 Å². The fourth-order valence-electron chi connectivity index (χ4n) is 0. The van der Waals surface area contributed by atoms with Crippen molar-refractivity contribution < 1.29 is 30.9 Å². The third kappa shape index (κ3) is 31.8. The number of rotatable bonds is 2. The van der Waals surface area contributed by atoms with Gasteiger partial charge in [0.05, 0.1) is 0 Å². The molecule has 0 saturated carbocycles. The first-order valence-electron chi connectivity index (χ1n) is 2.08. The Bertz CT molecular complexity index is 42.5. The van der Waals surface area contributed by atoms with E-state index < -0.39 is 0 Å². The van der Waals surface area contributed by atoms with Gasteiger partial charge in [0, 0.05) is 0 Å². The molecule has 0 aliphatic rings. The quantitative estimate of drug-likeness (QED) is 0.473. The molecule has 2 heteroatoms. The zero-order chi connectivity index (χ0) is 6.83. The SMILES string of the molecule is C=C[CH2][Ni].C=C[CH2][Ni]. The molecule has 0 spiro atoms. The van der Waals surface area contributed by atoms with Gasteiger partial charge in [-0.15, -0.1) is 0 Å². The Hall–Kier alpha value is 0.467. The van der Waals surface area contributed by atoms with Crippen LogP contribution in [0.25, 0.3) is 0 Å². The van der Waals surface area contributed by atoms with Gasteiger partial charge in [0.2, 0.25) is 0 Å². The summed E-state index contributed by atoms with van der Waals surface area (Å²) in [5, 5.41) is 1.42. The fourth-order valence-corrected chi connectivity index (χ4v) is 0. The van der Waals surface area contributed by atoms with Crippen LogP contribution in [0.5, 0.6) is 0 Å². The molecule has 0 bridgehead atoms. The Morgan fingerprint density at radius 2 is 1.12 bits per heavy atom. The summed E-state index contributed by atoms with van der Waals surface area (Å²) in [5.41, 5.74) is 0. The molecule has 0 saturated heterocycles. The van der Waals surface area contributed by atoms with Gasteiger partial charge >= 0.3 is 67.0 Å². The van der Waals surface area contributed by atoms with Crippen molar-refractivity contribution in [3.8, 4) is 0 Å². The minimum absolute atomic E-state index is 0.708. The van der Waals surface area contributed by atoms with E-state index in [1.54, 1.807) is 12.2 Å². The maximum atomic E-state index is 4.20. The van der Waals surface area contributed by atoms with E-state index in [2.05, 4.69) is 44.1 Å². The van der Waals surface area contributed by atoms with Crippen molar-refractivity contribution in [2.45, 2.75) is 10.8 Å². The van der Waals surface area contributed by atoms with Crippen LogP contribution >= 0.6 is 0 Å². The van der Waals surface area contributed by atoms with Crippen LogP contribution in [0.4, 0.5) is 0 Å². The number of allylic oxidation sites excluding steroid dienone is 2. The summed E-state index contributed by atoms with van der Waals surface area (Å²) in [5.74, 6) is 0. The molecule has 54 valence electrons. The van der Waals surface area contributed by atoms with Gasteiger partial charge in [-0.05, 0) is 0 Å². The van der Waals surface area contributed by atoms with Crippen LogP contribution in [0.3, 0.4) is 0 Å². The van der Waals surface area contributed by atoms with Gasteiger partial charge in [-0.3, -0.25) is 0 Å². The minimum atomic E-state index is 0.708. The van der Waals surface area contributed by atoms with Crippen molar-refractivity contribution in [1.82, 2.24) is 0 Å². The summed E-state index contributed by atoms with van der Waals surface area (Å²) in [4.78, 5) is 0. The first-order chi connectivity index (χ1) is 3.83. The monoisotopic (exact) mass is 198 g/mol. The molecule has 0 nitrogen and oxygen atoms in total. The van der Waals surface area contributed by atoms with Gasteiger partial charge in [0.15, 0.2) is 0 Å². The maximum absolute atomic E-state index is 4.20. The second kappa shape index (κ2) is 15.7. The van der Waals surface area contributed by atoms with Crippen LogP contribution in [0.15, 0.2) is 25.3 Å². The molecule has 0 aromatic heterocycles. The molecule has 0 fully saturated rings. The Morgan fingerprint density at radius 3 is 1.12 bits per heavy atom. The normalized spacial score (nSPS) is 6.50. The van der Waals surface area contributed by atoms with Crippen LogP contribution in [0.1, 0.15) is 0 Å². The topological polar surface area (TPSA) is 0 Å². The van der Waals surface area contributed by atoms with Gasteiger partial charge in [0.25, 0.3) is 0 Å².